The summed E-state index contributed by atoms with van der Waals surface area (Å²) in [6, 6.07) is 11.8. The summed E-state index contributed by atoms with van der Waals surface area (Å²) in [7, 11) is 1.59. The number of carbonyl (C=O) groups excluding carboxylic acids is 2. The number of amides is 2. The summed E-state index contributed by atoms with van der Waals surface area (Å²) in [5.41, 5.74) is 1.98. The maximum atomic E-state index is 13.5. The van der Waals surface area contributed by atoms with Crippen molar-refractivity contribution in [2.24, 2.45) is 0 Å². The molecule has 0 bridgehead atoms. The fraction of sp³-hybridized carbons (Fsp3) is 0.346. The molecular formula is C26H28ClN7O4. The predicted octanol–water partition coefficient (Wildman–Crippen LogP) is 2.28. The van der Waals surface area contributed by atoms with Crippen LogP contribution < -0.4 is 10.1 Å². The monoisotopic (exact) mass is 537 g/mol. The highest BCUT2D eigenvalue weighted by molar-refractivity contribution is 6.30. The van der Waals surface area contributed by atoms with Crippen LogP contribution in [0.3, 0.4) is 0 Å². The molecule has 0 spiro atoms. The van der Waals surface area contributed by atoms with Gasteiger partial charge in [-0.15, -0.1) is 5.10 Å². The Morgan fingerprint density at radius 2 is 1.95 bits per heavy atom. The maximum Gasteiger partial charge on any atom is 0.247 e. The quantitative estimate of drug-likeness (QED) is 0.457. The number of tetrazole rings is 1. The third kappa shape index (κ3) is 5.85. The highest BCUT2D eigenvalue weighted by Gasteiger charge is 2.41. The van der Waals surface area contributed by atoms with Gasteiger partial charge in [-0.2, -0.15) is 4.68 Å². The van der Waals surface area contributed by atoms with Gasteiger partial charge in [-0.1, -0.05) is 11.6 Å². The van der Waals surface area contributed by atoms with E-state index in [2.05, 4.69) is 25.7 Å². The van der Waals surface area contributed by atoms with Crippen molar-refractivity contribution in [3.8, 4) is 11.4 Å². The zero-order valence-corrected chi connectivity index (χ0v) is 21.6. The zero-order chi connectivity index (χ0) is 26.5. The number of hydrogen-bond acceptors (Lipinski definition) is 8. The van der Waals surface area contributed by atoms with E-state index in [0.717, 1.165) is 13.1 Å². The van der Waals surface area contributed by atoms with Crippen molar-refractivity contribution < 1.29 is 19.1 Å². The third-order valence-electron chi connectivity index (χ3n) is 6.78. The Morgan fingerprint density at radius 3 is 2.66 bits per heavy atom. The molecule has 2 fully saturated rings. The number of anilines is 1. The fourth-order valence-corrected chi connectivity index (χ4v) is 4.99. The third-order valence-corrected chi connectivity index (χ3v) is 7.01. The van der Waals surface area contributed by atoms with Crippen molar-refractivity contribution in [3.05, 3.63) is 65.5 Å². The van der Waals surface area contributed by atoms with E-state index in [9.17, 15) is 9.59 Å². The van der Waals surface area contributed by atoms with Gasteiger partial charge >= 0.3 is 0 Å². The average Bonchev–Trinajstić information content (AvgIpc) is 3.64. The van der Waals surface area contributed by atoms with Crippen molar-refractivity contribution in [1.29, 1.82) is 0 Å². The number of rotatable bonds is 7. The standard InChI is InChI=1S/C26H28ClN7O4/c1-37-22-6-4-20(5-7-22)29-26(36)24-15-21(32-10-12-38-13-11-32)16-33(24)25(35)9-2-18-14-19(27)3-8-23(18)34-17-28-30-31-34/h2-9,14,17,21,24H,10-13,15-16H2,1H3,(H,29,36)/t21-,24-/m0/s1. The van der Waals surface area contributed by atoms with Crippen LogP contribution in [0.1, 0.15) is 12.0 Å². The van der Waals surface area contributed by atoms with Gasteiger partial charge in [-0.25, -0.2) is 0 Å². The van der Waals surface area contributed by atoms with Gasteiger partial charge in [0.05, 0.1) is 26.0 Å². The number of likely N-dealkylation sites (tertiary alicyclic amines) is 1. The predicted molar refractivity (Wildman–Crippen MR) is 141 cm³/mol. The molecule has 2 aliphatic heterocycles. The van der Waals surface area contributed by atoms with Crippen molar-refractivity contribution >= 4 is 35.2 Å². The van der Waals surface area contributed by atoms with E-state index in [4.69, 9.17) is 21.1 Å². The van der Waals surface area contributed by atoms with Gasteiger partial charge in [-0.05, 0) is 65.4 Å². The lowest BCUT2D eigenvalue weighted by molar-refractivity contribution is -0.132. The summed E-state index contributed by atoms with van der Waals surface area (Å²) in [6.45, 7) is 3.27. The molecule has 11 nitrogen and oxygen atoms in total. The van der Waals surface area contributed by atoms with Crippen molar-refractivity contribution in [2.75, 3.05) is 45.3 Å². The highest BCUT2D eigenvalue weighted by Crippen LogP contribution is 2.26. The Morgan fingerprint density at radius 1 is 1.16 bits per heavy atom. The lowest BCUT2D eigenvalue weighted by Gasteiger charge is -2.31. The molecule has 0 radical (unpaired) electrons. The molecule has 0 aliphatic carbocycles. The van der Waals surface area contributed by atoms with E-state index in [1.54, 1.807) is 60.6 Å². The van der Waals surface area contributed by atoms with Gasteiger partial charge in [0.2, 0.25) is 11.8 Å². The number of carbonyl (C=O) groups is 2. The molecule has 3 heterocycles. The Kier molecular flexibility index (Phi) is 7.97. The summed E-state index contributed by atoms with van der Waals surface area (Å²) < 4.78 is 12.2. The van der Waals surface area contributed by atoms with E-state index < -0.39 is 6.04 Å². The van der Waals surface area contributed by atoms with Crippen LogP contribution in [0.15, 0.2) is 54.9 Å². The van der Waals surface area contributed by atoms with Crippen LogP contribution in [-0.4, -0.2) is 93.9 Å². The highest BCUT2D eigenvalue weighted by atomic mass is 35.5. The molecule has 2 aromatic carbocycles. The zero-order valence-electron chi connectivity index (χ0n) is 20.9. The first-order valence-electron chi connectivity index (χ1n) is 12.3. The van der Waals surface area contributed by atoms with Crippen LogP contribution in [0.5, 0.6) is 5.75 Å². The molecule has 1 aromatic heterocycles. The first-order valence-corrected chi connectivity index (χ1v) is 12.7. The lowest BCUT2D eigenvalue weighted by atomic mass is 10.1. The first-order chi connectivity index (χ1) is 18.5. The number of benzene rings is 2. The normalized spacial score (nSPS) is 20.1. The largest absolute Gasteiger partial charge is 0.497 e. The second-order valence-electron chi connectivity index (χ2n) is 9.05. The number of methoxy groups -OCH3 is 1. The van der Waals surface area contributed by atoms with Crippen LogP contribution >= 0.6 is 11.6 Å². The minimum Gasteiger partial charge on any atom is -0.497 e. The lowest BCUT2D eigenvalue weighted by Crippen LogP contribution is -2.45. The van der Waals surface area contributed by atoms with E-state index >= 15 is 0 Å². The van der Waals surface area contributed by atoms with Gasteiger partial charge in [0.25, 0.3) is 0 Å². The molecular weight excluding hydrogens is 510 g/mol. The molecule has 198 valence electrons. The molecule has 2 saturated heterocycles. The minimum atomic E-state index is -0.625. The van der Waals surface area contributed by atoms with Crippen molar-refractivity contribution in [3.63, 3.8) is 0 Å². The summed E-state index contributed by atoms with van der Waals surface area (Å²) in [6.07, 6.45) is 5.14. The van der Waals surface area contributed by atoms with Gasteiger partial charge in [0, 0.05) is 48.0 Å². The second kappa shape index (κ2) is 11.7. The topological polar surface area (TPSA) is 115 Å². The number of ether oxygens (including phenoxy) is 2. The van der Waals surface area contributed by atoms with Gasteiger partial charge in [-0.3, -0.25) is 14.5 Å². The summed E-state index contributed by atoms with van der Waals surface area (Å²) in [4.78, 5) is 30.8. The van der Waals surface area contributed by atoms with E-state index in [-0.39, 0.29) is 17.9 Å². The van der Waals surface area contributed by atoms with Gasteiger partial charge in [0.15, 0.2) is 0 Å². The molecule has 2 atom stereocenters. The molecule has 5 rings (SSSR count). The molecule has 0 saturated carbocycles. The van der Waals surface area contributed by atoms with Crippen molar-refractivity contribution in [1.82, 2.24) is 30.0 Å². The molecule has 12 heteroatoms. The Balaban J connectivity index is 1.37. The van der Waals surface area contributed by atoms with Gasteiger partial charge < -0.3 is 19.7 Å². The van der Waals surface area contributed by atoms with E-state index in [1.165, 1.54) is 17.1 Å². The number of morpholine rings is 1. The number of halogens is 1. The number of aromatic nitrogens is 4. The van der Waals surface area contributed by atoms with Crippen LogP contribution in [0.25, 0.3) is 11.8 Å². The van der Waals surface area contributed by atoms with Crippen LogP contribution in [-0.2, 0) is 14.3 Å². The van der Waals surface area contributed by atoms with Crippen LogP contribution in [0.2, 0.25) is 5.02 Å². The Bertz CT molecular complexity index is 1290. The molecule has 2 aliphatic rings. The Labute approximate surface area is 224 Å². The second-order valence-corrected chi connectivity index (χ2v) is 9.49. The summed E-state index contributed by atoms with van der Waals surface area (Å²) >= 11 is 6.22. The average molecular weight is 538 g/mol. The number of nitrogens with one attached hydrogen (secondary N) is 1. The van der Waals surface area contributed by atoms with E-state index in [0.29, 0.717) is 53.9 Å². The smallest absolute Gasteiger partial charge is 0.247 e. The van der Waals surface area contributed by atoms with Crippen molar-refractivity contribution in [2.45, 2.75) is 18.5 Å². The fourth-order valence-electron chi connectivity index (χ4n) is 4.81. The van der Waals surface area contributed by atoms with E-state index in [1.807, 2.05) is 0 Å². The first kappa shape index (κ1) is 25.8. The molecule has 38 heavy (non-hydrogen) atoms. The molecule has 0 unspecified atom stereocenters. The van der Waals surface area contributed by atoms with Crippen LogP contribution in [0, 0.1) is 0 Å². The van der Waals surface area contributed by atoms with Crippen LogP contribution in [0.4, 0.5) is 5.69 Å². The molecule has 2 amide bonds. The minimum absolute atomic E-state index is 0.0609. The summed E-state index contributed by atoms with van der Waals surface area (Å²) in [5.74, 6) is 0.198. The van der Waals surface area contributed by atoms with Gasteiger partial charge in [0.1, 0.15) is 18.1 Å². The number of hydrogen-bond donors (Lipinski definition) is 1. The molecule has 1 N–H and O–H groups in total. The SMILES string of the molecule is COc1ccc(NC(=O)[C@@H]2C[C@H](N3CCOCC3)CN2C(=O)C=Cc2cc(Cl)ccc2-n2cnnn2)cc1. The summed E-state index contributed by atoms with van der Waals surface area (Å²) in [5, 5.41) is 14.8. The molecule has 3 aromatic rings. The number of nitrogens with zero attached hydrogens (tertiary/aromatic N) is 6. The Hall–Kier alpha value is -3.80. The maximum absolute atomic E-state index is 13.5.